The number of rotatable bonds is 2. The van der Waals surface area contributed by atoms with Crippen LogP contribution in [-0.4, -0.2) is 13.1 Å². The number of hydrogen-bond acceptors (Lipinski definition) is 2. The third kappa shape index (κ3) is 2.18. The van der Waals surface area contributed by atoms with Gasteiger partial charge in [0.05, 0.1) is 11.3 Å². The molecule has 1 rings (SSSR count). The standard InChI is InChI=1S/C11H13ClN2/c1-8(2)14(3)11-5-4-10(12)6-9(11)7-13/h4-6,8H,1-3H3. The first-order chi connectivity index (χ1) is 6.56. The maximum absolute atomic E-state index is 8.94. The van der Waals surface area contributed by atoms with E-state index >= 15 is 0 Å². The molecule has 0 saturated carbocycles. The molecule has 0 atom stereocenters. The molecule has 3 heteroatoms. The molecule has 14 heavy (non-hydrogen) atoms. The van der Waals surface area contributed by atoms with Crippen LogP contribution in [0.2, 0.25) is 5.02 Å². The molecule has 1 aromatic rings. The monoisotopic (exact) mass is 208 g/mol. The van der Waals surface area contributed by atoms with Gasteiger partial charge in [-0.05, 0) is 32.0 Å². The molecule has 0 N–H and O–H groups in total. The van der Waals surface area contributed by atoms with Crippen molar-refractivity contribution in [2.75, 3.05) is 11.9 Å². The Kier molecular flexibility index (Phi) is 3.38. The molecule has 0 aromatic heterocycles. The Hall–Kier alpha value is -1.20. The van der Waals surface area contributed by atoms with Gasteiger partial charge < -0.3 is 4.90 Å². The highest BCUT2D eigenvalue weighted by Crippen LogP contribution is 2.23. The van der Waals surface area contributed by atoms with Crippen LogP contribution in [0.15, 0.2) is 18.2 Å². The highest BCUT2D eigenvalue weighted by molar-refractivity contribution is 6.30. The quantitative estimate of drug-likeness (QED) is 0.747. The van der Waals surface area contributed by atoms with E-state index in [2.05, 4.69) is 24.8 Å². The van der Waals surface area contributed by atoms with Crippen molar-refractivity contribution in [3.05, 3.63) is 28.8 Å². The first-order valence-electron chi connectivity index (χ1n) is 4.48. The van der Waals surface area contributed by atoms with Crippen LogP contribution in [0.25, 0.3) is 0 Å². The smallest absolute Gasteiger partial charge is 0.101 e. The number of halogens is 1. The topological polar surface area (TPSA) is 27.0 Å². The Labute approximate surface area is 89.7 Å². The average molecular weight is 209 g/mol. The average Bonchev–Trinajstić information content (AvgIpc) is 2.16. The van der Waals surface area contributed by atoms with E-state index in [1.54, 1.807) is 12.1 Å². The lowest BCUT2D eigenvalue weighted by molar-refractivity contribution is 0.754. The Balaban J connectivity index is 3.16. The van der Waals surface area contributed by atoms with Gasteiger partial charge in [0.1, 0.15) is 6.07 Å². The summed E-state index contributed by atoms with van der Waals surface area (Å²) in [7, 11) is 1.97. The first kappa shape index (κ1) is 10.9. The van der Waals surface area contributed by atoms with Gasteiger partial charge in [0.15, 0.2) is 0 Å². The zero-order chi connectivity index (χ0) is 10.7. The van der Waals surface area contributed by atoms with E-state index in [0.29, 0.717) is 16.6 Å². The van der Waals surface area contributed by atoms with E-state index in [0.717, 1.165) is 5.69 Å². The molecule has 0 saturated heterocycles. The fourth-order valence-corrected chi connectivity index (χ4v) is 1.36. The summed E-state index contributed by atoms with van der Waals surface area (Å²) in [6.45, 7) is 4.16. The Morgan fingerprint density at radius 1 is 1.43 bits per heavy atom. The molecule has 0 amide bonds. The summed E-state index contributed by atoms with van der Waals surface area (Å²) >= 11 is 5.81. The van der Waals surface area contributed by atoms with Crippen LogP contribution in [-0.2, 0) is 0 Å². The van der Waals surface area contributed by atoms with Gasteiger partial charge in [0.2, 0.25) is 0 Å². The van der Waals surface area contributed by atoms with Crippen molar-refractivity contribution in [1.29, 1.82) is 5.26 Å². The minimum Gasteiger partial charge on any atom is -0.371 e. The normalized spacial score (nSPS) is 10.0. The van der Waals surface area contributed by atoms with Crippen LogP contribution >= 0.6 is 11.6 Å². The molecule has 0 unspecified atom stereocenters. The molecule has 0 fully saturated rings. The summed E-state index contributed by atoms with van der Waals surface area (Å²) in [5, 5.41) is 9.54. The van der Waals surface area contributed by atoms with Gasteiger partial charge in [-0.1, -0.05) is 11.6 Å². The van der Waals surface area contributed by atoms with Crippen molar-refractivity contribution in [2.45, 2.75) is 19.9 Å². The molecular weight excluding hydrogens is 196 g/mol. The first-order valence-corrected chi connectivity index (χ1v) is 4.86. The zero-order valence-corrected chi connectivity index (χ0v) is 9.34. The number of nitrogens with zero attached hydrogens (tertiary/aromatic N) is 2. The lowest BCUT2D eigenvalue weighted by Gasteiger charge is -2.24. The molecule has 0 aliphatic carbocycles. The number of benzene rings is 1. The summed E-state index contributed by atoms with van der Waals surface area (Å²) in [6.07, 6.45) is 0. The largest absolute Gasteiger partial charge is 0.371 e. The SMILES string of the molecule is CC(C)N(C)c1ccc(Cl)cc1C#N. The van der Waals surface area contributed by atoms with Crippen LogP contribution in [0.5, 0.6) is 0 Å². The summed E-state index contributed by atoms with van der Waals surface area (Å²) in [6, 6.07) is 7.88. The van der Waals surface area contributed by atoms with Crippen molar-refractivity contribution < 1.29 is 0 Å². The third-order valence-corrected chi connectivity index (χ3v) is 2.47. The van der Waals surface area contributed by atoms with E-state index in [-0.39, 0.29) is 0 Å². The maximum Gasteiger partial charge on any atom is 0.101 e. The molecular formula is C11H13ClN2. The summed E-state index contributed by atoms with van der Waals surface area (Å²) < 4.78 is 0. The Bertz CT molecular complexity index is 366. The second-order valence-electron chi connectivity index (χ2n) is 3.48. The van der Waals surface area contributed by atoms with Crippen molar-refractivity contribution >= 4 is 17.3 Å². The minimum atomic E-state index is 0.364. The van der Waals surface area contributed by atoms with E-state index in [4.69, 9.17) is 16.9 Å². The fraction of sp³-hybridized carbons (Fsp3) is 0.364. The fourth-order valence-electron chi connectivity index (χ4n) is 1.18. The van der Waals surface area contributed by atoms with Crippen LogP contribution < -0.4 is 4.90 Å². The molecule has 0 bridgehead atoms. The Morgan fingerprint density at radius 3 is 2.57 bits per heavy atom. The van der Waals surface area contributed by atoms with Gasteiger partial charge in [-0.2, -0.15) is 5.26 Å². The minimum absolute atomic E-state index is 0.364. The van der Waals surface area contributed by atoms with Gasteiger partial charge in [0.25, 0.3) is 0 Å². The second-order valence-corrected chi connectivity index (χ2v) is 3.91. The molecule has 0 aliphatic rings. The lowest BCUT2D eigenvalue weighted by Crippen LogP contribution is -2.26. The van der Waals surface area contributed by atoms with E-state index < -0.39 is 0 Å². The number of nitriles is 1. The van der Waals surface area contributed by atoms with Gasteiger partial charge in [0, 0.05) is 18.1 Å². The van der Waals surface area contributed by atoms with Crippen LogP contribution in [0.3, 0.4) is 0 Å². The van der Waals surface area contributed by atoms with Gasteiger partial charge in [-0.3, -0.25) is 0 Å². The van der Waals surface area contributed by atoms with Gasteiger partial charge in [-0.25, -0.2) is 0 Å². The number of anilines is 1. The van der Waals surface area contributed by atoms with Gasteiger partial charge in [-0.15, -0.1) is 0 Å². The summed E-state index contributed by atoms with van der Waals surface area (Å²) in [5.74, 6) is 0. The van der Waals surface area contributed by atoms with Crippen molar-refractivity contribution in [3.8, 4) is 6.07 Å². The predicted molar refractivity (Wildman–Crippen MR) is 59.7 cm³/mol. The molecule has 0 spiro atoms. The highest BCUT2D eigenvalue weighted by Gasteiger charge is 2.09. The molecule has 2 nitrogen and oxygen atoms in total. The number of hydrogen-bond donors (Lipinski definition) is 0. The molecule has 74 valence electrons. The van der Waals surface area contributed by atoms with Crippen molar-refractivity contribution in [1.82, 2.24) is 0 Å². The van der Waals surface area contributed by atoms with E-state index in [1.165, 1.54) is 0 Å². The molecule has 0 aliphatic heterocycles. The Morgan fingerprint density at radius 2 is 2.07 bits per heavy atom. The third-order valence-electron chi connectivity index (χ3n) is 2.23. The summed E-state index contributed by atoms with van der Waals surface area (Å²) in [5.41, 5.74) is 1.54. The molecule has 0 radical (unpaired) electrons. The lowest BCUT2D eigenvalue weighted by atomic mass is 10.1. The zero-order valence-electron chi connectivity index (χ0n) is 8.58. The summed E-state index contributed by atoms with van der Waals surface area (Å²) in [4.78, 5) is 2.05. The molecule has 0 heterocycles. The van der Waals surface area contributed by atoms with Gasteiger partial charge >= 0.3 is 0 Å². The predicted octanol–water partition coefficient (Wildman–Crippen LogP) is 3.06. The van der Waals surface area contributed by atoms with Crippen molar-refractivity contribution in [2.24, 2.45) is 0 Å². The maximum atomic E-state index is 8.94. The second kappa shape index (κ2) is 4.34. The highest BCUT2D eigenvalue weighted by atomic mass is 35.5. The van der Waals surface area contributed by atoms with Crippen LogP contribution in [0.4, 0.5) is 5.69 Å². The van der Waals surface area contributed by atoms with Crippen LogP contribution in [0.1, 0.15) is 19.4 Å². The van der Waals surface area contributed by atoms with E-state index in [9.17, 15) is 0 Å². The van der Waals surface area contributed by atoms with E-state index in [1.807, 2.05) is 13.1 Å². The van der Waals surface area contributed by atoms with Crippen molar-refractivity contribution in [3.63, 3.8) is 0 Å². The van der Waals surface area contributed by atoms with Crippen LogP contribution in [0, 0.1) is 11.3 Å². The molecule has 1 aromatic carbocycles.